The van der Waals surface area contributed by atoms with Gasteiger partial charge >= 0.3 is 0 Å². The van der Waals surface area contributed by atoms with Gasteiger partial charge in [-0.2, -0.15) is 4.98 Å². The Balaban J connectivity index is 1.53. The van der Waals surface area contributed by atoms with Crippen LogP contribution in [0.15, 0.2) is 45.4 Å². The number of carbonyl (C=O) groups excluding carboxylic acids is 1. The molecule has 1 saturated heterocycles. The second-order valence-electron chi connectivity index (χ2n) is 7.26. The first kappa shape index (κ1) is 17.5. The molecule has 1 amide bonds. The van der Waals surface area contributed by atoms with Crippen molar-refractivity contribution in [3.8, 4) is 11.4 Å². The third-order valence-corrected chi connectivity index (χ3v) is 4.66. The molecule has 140 valence electrons. The van der Waals surface area contributed by atoms with E-state index in [1.807, 2.05) is 30.3 Å². The summed E-state index contributed by atoms with van der Waals surface area (Å²) in [4.78, 5) is 19.2. The van der Waals surface area contributed by atoms with E-state index >= 15 is 0 Å². The quantitative estimate of drug-likeness (QED) is 0.681. The van der Waals surface area contributed by atoms with Crippen LogP contribution in [0, 0.1) is 5.92 Å². The third-order valence-electron chi connectivity index (χ3n) is 4.66. The Labute approximate surface area is 157 Å². The van der Waals surface area contributed by atoms with Gasteiger partial charge in [-0.1, -0.05) is 54.5 Å². The lowest BCUT2D eigenvalue weighted by Crippen LogP contribution is -2.31. The number of hydrogen-bond donors (Lipinski definition) is 0. The van der Waals surface area contributed by atoms with Gasteiger partial charge in [0.1, 0.15) is 11.8 Å². The first-order valence-electron chi connectivity index (χ1n) is 9.27. The van der Waals surface area contributed by atoms with Gasteiger partial charge < -0.3 is 13.9 Å². The van der Waals surface area contributed by atoms with Crippen molar-refractivity contribution >= 4 is 5.91 Å². The normalized spacial score (nSPS) is 17.0. The highest BCUT2D eigenvalue weighted by Gasteiger charge is 2.35. The first-order chi connectivity index (χ1) is 13.1. The van der Waals surface area contributed by atoms with Crippen molar-refractivity contribution in [3.05, 3.63) is 53.7 Å². The molecule has 0 bridgehead atoms. The second-order valence-corrected chi connectivity index (χ2v) is 7.26. The lowest BCUT2D eigenvalue weighted by Gasteiger charge is -2.20. The molecule has 0 aliphatic carbocycles. The summed E-state index contributed by atoms with van der Waals surface area (Å²) in [5.74, 6) is 2.01. The summed E-state index contributed by atoms with van der Waals surface area (Å²) in [5, 5.41) is 8.04. The molecule has 1 fully saturated rings. The zero-order chi connectivity index (χ0) is 18.8. The average Bonchev–Trinajstić information content (AvgIpc) is 3.41. The molecular weight excluding hydrogens is 344 g/mol. The van der Waals surface area contributed by atoms with Gasteiger partial charge in [-0.15, -0.1) is 0 Å². The number of aromatic nitrogens is 3. The maximum atomic E-state index is 12.9. The molecule has 1 aliphatic heterocycles. The summed E-state index contributed by atoms with van der Waals surface area (Å²) >= 11 is 0. The Morgan fingerprint density at radius 2 is 2.04 bits per heavy atom. The fourth-order valence-electron chi connectivity index (χ4n) is 3.40. The fraction of sp³-hybridized carbons (Fsp3) is 0.400. The molecule has 27 heavy (non-hydrogen) atoms. The number of hydrogen-bond acceptors (Lipinski definition) is 6. The minimum atomic E-state index is -0.229. The topological polar surface area (TPSA) is 85.3 Å². The summed E-state index contributed by atoms with van der Waals surface area (Å²) in [6.07, 6.45) is 2.43. The van der Waals surface area contributed by atoms with Gasteiger partial charge in [0.05, 0.1) is 0 Å². The van der Waals surface area contributed by atoms with Crippen LogP contribution in [-0.4, -0.2) is 32.6 Å². The standard InChI is InChI=1S/C20H22N4O3/c1-13(2)11-15-12-16(22-26-15)20(25)24-10-6-9-17(24)19-21-18(23-27-19)14-7-4-3-5-8-14/h3-5,7-8,12-13,17H,6,9-11H2,1-2H3/t17-/m1/s1. The third kappa shape index (κ3) is 3.63. The number of amides is 1. The van der Waals surface area contributed by atoms with Crippen molar-refractivity contribution in [1.82, 2.24) is 20.2 Å². The molecule has 3 aromatic rings. The first-order valence-corrected chi connectivity index (χ1v) is 9.27. The van der Waals surface area contributed by atoms with Gasteiger partial charge in [0.2, 0.25) is 11.7 Å². The summed E-state index contributed by atoms with van der Waals surface area (Å²) < 4.78 is 10.8. The van der Waals surface area contributed by atoms with Crippen LogP contribution in [0.3, 0.4) is 0 Å². The van der Waals surface area contributed by atoms with Crippen LogP contribution in [0.2, 0.25) is 0 Å². The van der Waals surface area contributed by atoms with Crippen LogP contribution in [0.1, 0.15) is 54.9 Å². The second kappa shape index (κ2) is 7.34. The van der Waals surface area contributed by atoms with E-state index in [0.29, 0.717) is 29.9 Å². The number of carbonyl (C=O) groups is 1. The number of nitrogens with zero attached hydrogens (tertiary/aromatic N) is 4. The number of benzene rings is 1. The van der Waals surface area contributed by atoms with Crippen LogP contribution in [-0.2, 0) is 6.42 Å². The number of likely N-dealkylation sites (tertiary alicyclic amines) is 1. The van der Waals surface area contributed by atoms with Gasteiger partial charge in [0, 0.05) is 24.6 Å². The Hall–Kier alpha value is -2.96. The predicted molar refractivity (Wildman–Crippen MR) is 97.8 cm³/mol. The van der Waals surface area contributed by atoms with Crippen LogP contribution < -0.4 is 0 Å². The molecular formula is C20H22N4O3. The van der Waals surface area contributed by atoms with Gasteiger partial charge in [-0.05, 0) is 18.8 Å². The van der Waals surface area contributed by atoms with E-state index in [2.05, 4.69) is 29.1 Å². The molecule has 2 aromatic heterocycles. The monoisotopic (exact) mass is 366 g/mol. The zero-order valence-electron chi connectivity index (χ0n) is 15.5. The lowest BCUT2D eigenvalue weighted by molar-refractivity contribution is 0.0699. The fourth-order valence-corrected chi connectivity index (χ4v) is 3.40. The predicted octanol–water partition coefficient (Wildman–Crippen LogP) is 3.90. The summed E-state index contributed by atoms with van der Waals surface area (Å²) in [5.41, 5.74) is 1.22. The molecule has 7 heteroatoms. The molecule has 0 unspecified atom stereocenters. The lowest BCUT2D eigenvalue weighted by atomic mass is 10.1. The van der Waals surface area contributed by atoms with Crippen LogP contribution in [0.25, 0.3) is 11.4 Å². The van der Waals surface area contributed by atoms with E-state index in [1.54, 1.807) is 11.0 Å². The van der Waals surface area contributed by atoms with Crippen LogP contribution in [0.4, 0.5) is 0 Å². The van der Waals surface area contributed by atoms with Crippen LogP contribution in [0.5, 0.6) is 0 Å². The van der Waals surface area contributed by atoms with Gasteiger partial charge in [0.15, 0.2) is 5.69 Å². The highest BCUT2D eigenvalue weighted by molar-refractivity contribution is 5.92. The summed E-state index contributed by atoms with van der Waals surface area (Å²) in [6, 6.07) is 11.2. The van der Waals surface area contributed by atoms with Crippen molar-refractivity contribution in [1.29, 1.82) is 0 Å². The Morgan fingerprint density at radius 3 is 2.81 bits per heavy atom. The smallest absolute Gasteiger partial charge is 0.276 e. The molecule has 0 N–H and O–H groups in total. The van der Waals surface area contributed by atoms with Crippen molar-refractivity contribution in [2.24, 2.45) is 5.92 Å². The van der Waals surface area contributed by atoms with Gasteiger partial charge in [0.25, 0.3) is 5.91 Å². The average molecular weight is 366 g/mol. The molecule has 1 aliphatic rings. The minimum Gasteiger partial charge on any atom is -0.361 e. The SMILES string of the molecule is CC(C)Cc1cc(C(=O)N2CCC[C@@H]2c2nc(-c3ccccc3)no2)no1. The molecule has 4 rings (SSSR count). The van der Waals surface area contributed by atoms with Crippen molar-refractivity contribution in [2.45, 2.75) is 39.2 Å². The van der Waals surface area contributed by atoms with E-state index < -0.39 is 0 Å². The molecule has 3 heterocycles. The Bertz CT molecular complexity index is 916. The molecule has 1 atom stereocenters. The Morgan fingerprint density at radius 1 is 1.22 bits per heavy atom. The van der Waals surface area contributed by atoms with E-state index in [4.69, 9.17) is 9.05 Å². The van der Waals surface area contributed by atoms with E-state index in [-0.39, 0.29) is 11.9 Å². The molecule has 0 radical (unpaired) electrons. The van der Waals surface area contributed by atoms with E-state index in [9.17, 15) is 4.79 Å². The molecule has 7 nitrogen and oxygen atoms in total. The highest BCUT2D eigenvalue weighted by atomic mass is 16.5. The minimum absolute atomic E-state index is 0.157. The van der Waals surface area contributed by atoms with Gasteiger partial charge in [-0.25, -0.2) is 0 Å². The van der Waals surface area contributed by atoms with Crippen LogP contribution >= 0.6 is 0 Å². The Kier molecular flexibility index (Phi) is 4.75. The molecule has 0 spiro atoms. The summed E-state index contributed by atoms with van der Waals surface area (Å²) in [6.45, 7) is 4.83. The maximum absolute atomic E-state index is 12.9. The van der Waals surface area contributed by atoms with Crippen molar-refractivity contribution in [2.75, 3.05) is 6.54 Å². The molecule has 1 aromatic carbocycles. The molecule has 0 saturated carbocycles. The highest BCUT2D eigenvalue weighted by Crippen LogP contribution is 2.33. The zero-order valence-corrected chi connectivity index (χ0v) is 15.5. The van der Waals surface area contributed by atoms with Crippen molar-refractivity contribution < 1.29 is 13.8 Å². The van der Waals surface area contributed by atoms with E-state index in [1.165, 1.54) is 0 Å². The number of rotatable bonds is 5. The van der Waals surface area contributed by atoms with Gasteiger partial charge in [-0.3, -0.25) is 4.79 Å². The summed E-state index contributed by atoms with van der Waals surface area (Å²) in [7, 11) is 0. The maximum Gasteiger partial charge on any atom is 0.276 e. The van der Waals surface area contributed by atoms with Crippen molar-refractivity contribution in [3.63, 3.8) is 0 Å². The largest absolute Gasteiger partial charge is 0.361 e. The van der Waals surface area contributed by atoms with E-state index in [0.717, 1.165) is 30.6 Å².